The molecule has 1 N–H and O–H groups in total. The molecule has 0 saturated carbocycles. The molecule has 1 atom stereocenters. The van der Waals surface area contributed by atoms with Crippen LogP contribution in [0.3, 0.4) is 0 Å². The van der Waals surface area contributed by atoms with Crippen molar-refractivity contribution >= 4 is 33.2 Å². The third-order valence-electron chi connectivity index (χ3n) is 3.81. The van der Waals surface area contributed by atoms with Crippen LogP contribution in [0.2, 0.25) is 10.0 Å². The summed E-state index contributed by atoms with van der Waals surface area (Å²) in [4.78, 5) is 0.0908. The molecule has 6 heteroatoms. The van der Waals surface area contributed by atoms with E-state index in [2.05, 4.69) is 4.72 Å². The topological polar surface area (TPSA) is 46.2 Å². The summed E-state index contributed by atoms with van der Waals surface area (Å²) in [6, 6.07) is 12.0. The van der Waals surface area contributed by atoms with E-state index in [1.807, 2.05) is 24.3 Å². The van der Waals surface area contributed by atoms with Crippen LogP contribution >= 0.6 is 23.2 Å². The van der Waals surface area contributed by atoms with Crippen LogP contribution < -0.4 is 4.72 Å². The summed E-state index contributed by atoms with van der Waals surface area (Å²) >= 11 is 11.8. The van der Waals surface area contributed by atoms with E-state index in [1.165, 1.54) is 23.8 Å². The number of benzene rings is 2. The zero-order chi connectivity index (χ0) is 15.7. The highest BCUT2D eigenvalue weighted by Crippen LogP contribution is 2.31. The average Bonchev–Trinajstić information content (AvgIpc) is 2.46. The third kappa shape index (κ3) is 3.30. The molecule has 3 nitrogen and oxygen atoms in total. The number of hydrogen-bond donors (Lipinski definition) is 1. The standard InChI is InChI=1S/C16H15Cl2NO2S/c17-12-8-13(18)10-14(9-12)22(20,21)19-16-7-3-5-11-4-1-2-6-15(11)16/h1-2,4,6,8-10,16,19H,3,5,7H2. The Morgan fingerprint density at radius 1 is 1.05 bits per heavy atom. The van der Waals surface area contributed by atoms with Crippen LogP contribution in [0, 0.1) is 0 Å². The fourth-order valence-corrected chi connectivity index (χ4v) is 4.79. The molecule has 3 rings (SSSR count). The van der Waals surface area contributed by atoms with Gasteiger partial charge in [0.2, 0.25) is 10.0 Å². The van der Waals surface area contributed by atoms with Crippen molar-refractivity contribution in [1.29, 1.82) is 0 Å². The first-order valence-electron chi connectivity index (χ1n) is 7.02. The Bertz CT molecular complexity index is 785. The van der Waals surface area contributed by atoms with Gasteiger partial charge in [0.05, 0.1) is 4.90 Å². The fourth-order valence-electron chi connectivity index (χ4n) is 2.82. The highest BCUT2D eigenvalue weighted by atomic mass is 35.5. The second kappa shape index (κ2) is 6.20. The van der Waals surface area contributed by atoms with Crippen LogP contribution in [0.4, 0.5) is 0 Å². The molecule has 0 radical (unpaired) electrons. The summed E-state index contributed by atoms with van der Waals surface area (Å²) in [5.41, 5.74) is 2.25. The molecular formula is C16H15Cl2NO2S. The lowest BCUT2D eigenvalue weighted by Gasteiger charge is -2.26. The van der Waals surface area contributed by atoms with E-state index in [-0.39, 0.29) is 10.9 Å². The van der Waals surface area contributed by atoms with Crippen LogP contribution in [-0.2, 0) is 16.4 Å². The molecule has 0 saturated heterocycles. The van der Waals surface area contributed by atoms with Gasteiger partial charge in [-0.2, -0.15) is 0 Å². The minimum Gasteiger partial charge on any atom is -0.207 e. The first-order chi connectivity index (χ1) is 10.5. The number of halogens is 2. The Morgan fingerprint density at radius 2 is 1.73 bits per heavy atom. The van der Waals surface area contributed by atoms with E-state index in [0.717, 1.165) is 24.8 Å². The maximum absolute atomic E-state index is 12.6. The SMILES string of the molecule is O=S(=O)(NC1CCCc2ccccc21)c1cc(Cl)cc(Cl)c1. The van der Waals surface area contributed by atoms with Gasteiger partial charge in [-0.3, -0.25) is 0 Å². The Morgan fingerprint density at radius 3 is 2.45 bits per heavy atom. The van der Waals surface area contributed by atoms with E-state index < -0.39 is 10.0 Å². The molecule has 0 aliphatic heterocycles. The smallest absolute Gasteiger partial charge is 0.207 e. The van der Waals surface area contributed by atoms with Crippen molar-refractivity contribution in [2.24, 2.45) is 0 Å². The molecule has 0 spiro atoms. The Hall–Kier alpha value is -1.07. The number of aryl methyl sites for hydroxylation is 1. The van der Waals surface area contributed by atoms with Crippen LogP contribution in [0.25, 0.3) is 0 Å². The van der Waals surface area contributed by atoms with Gasteiger partial charge in [-0.05, 0) is 48.6 Å². The summed E-state index contributed by atoms with van der Waals surface area (Å²) < 4.78 is 27.9. The second-order valence-corrected chi connectivity index (χ2v) is 7.96. The number of hydrogen-bond acceptors (Lipinski definition) is 2. The molecule has 1 aliphatic carbocycles. The van der Waals surface area contributed by atoms with Gasteiger partial charge < -0.3 is 0 Å². The molecule has 0 amide bonds. The largest absolute Gasteiger partial charge is 0.241 e. The quantitative estimate of drug-likeness (QED) is 0.889. The van der Waals surface area contributed by atoms with Gasteiger partial charge in [0.1, 0.15) is 0 Å². The molecule has 116 valence electrons. The lowest BCUT2D eigenvalue weighted by Crippen LogP contribution is -2.31. The number of fused-ring (bicyclic) bond motifs is 1. The van der Waals surface area contributed by atoms with Crippen molar-refractivity contribution in [3.05, 3.63) is 63.6 Å². The van der Waals surface area contributed by atoms with Crippen LogP contribution in [0.1, 0.15) is 30.0 Å². The van der Waals surface area contributed by atoms with E-state index in [9.17, 15) is 8.42 Å². The molecular weight excluding hydrogens is 341 g/mol. The molecule has 1 unspecified atom stereocenters. The summed E-state index contributed by atoms with van der Waals surface area (Å²) in [7, 11) is -3.67. The first kappa shape index (κ1) is 15.8. The van der Waals surface area contributed by atoms with Crippen molar-refractivity contribution in [3.8, 4) is 0 Å². The Balaban J connectivity index is 1.93. The first-order valence-corrected chi connectivity index (χ1v) is 9.26. The van der Waals surface area contributed by atoms with E-state index >= 15 is 0 Å². The van der Waals surface area contributed by atoms with E-state index in [0.29, 0.717) is 10.0 Å². The molecule has 0 bridgehead atoms. The minimum absolute atomic E-state index is 0.0908. The maximum atomic E-state index is 12.6. The van der Waals surface area contributed by atoms with Gasteiger partial charge in [-0.25, -0.2) is 13.1 Å². The van der Waals surface area contributed by atoms with Crippen LogP contribution in [0.5, 0.6) is 0 Å². The highest BCUT2D eigenvalue weighted by molar-refractivity contribution is 7.89. The van der Waals surface area contributed by atoms with Gasteiger partial charge in [0.15, 0.2) is 0 Å². The number of nitrogens with one attached hydrogen (secondary N) is 1. The van der Waals surface area contributed by atoms with E-state index in [1.54, 1.807) is 0 Å². The van der Waals surface area contributed by atoms with Gasteiger partial charge in [-0.1, -0.05) is 47.5 Å². The highest BCUT2D eigenvalue weighted by Gasteiger charge is 2.25. The maximum Gasteiger partial charge on any atom is 0.241 e. The molecule has 2 aromatic rings. The van der Waals surface area contributed by atoms with Crippen molar-refractivity contribution in [2.75, 3.05) is 0 Å². The summed E-state index contributed by atoms with van der Waals surface area (Å²) in [6.45, 7) is 0. The predicted octanol–water partition coefficient (Wildman–Crippen LogP) is 4.35. The summed E-state index contributed by atoms with van der Waals surface area (Å²) in [5.74, 6) is 0. The number of sulfonamides is 1. The lowest BCUT2D eigenvalue weighted by atomic mass is 9.88. The molecule has 2 aromatic carbocycles. The second-order valence-electron chi connectivity index (χ2n) is 5.37. The fraction of sp³-hybridized carbons (Fsp3) is 0.250. The average molecular weight is 356 g/mol. The lowest BCUT2D eigenvalue weighted by molar-refractivity contribution is 0.507. The molecule has 22 heavy (non-hydrogen) atoms. The predicted molar refractivity (Wildman–Crippen MR) is 88.9 cm³/mol. The van der Waals surface area contributed by atoms with Crippen molar-refractivity contribution in [2.45, 2.75) is 30.2 Å². The third-order valence-corrected chi connectivity index (χ3v) is 5.70. The van der Waals surface area contributed by atoms with Gasteiger partial charge >= 0.3 is 0 Å². The van der Waals surface area contributed by atoms with E-state index in [4.69, 9.17) is 23.2 Å². The van der Waals surface area contributed by atoms with Crippen LogP contribution in [0.15, 0.2) is 47.4 Å². The van der Waals surface area contributed by atoms with Gasteiger partial charge in [0.25, 0.3) is 0 Å². The van der Waals surface area contributed by atoms with Crippen molar-refractivity contribution in [3.63, 3.8) is 0 Å². The van der Waals surface area contributed by atoms with Crippen molar-refractivity contribution in [1.82, 2.24) is 4.72 Å². The monoisotopic (exact) mass is 355 g/mol. The summed E-state index contributed by atoms with van der Waals surface area (Å²) in [6.07, 6.45) is 2.72. The van der Waals surface area contributed by atoms with Gasteiger partial charge in [-0.15, -0.1) is 0 Å². The Labute approximate surface area is 140 Å². The van der Waals surface area contributed by atoms with Gasteiger partial charge in [0, 0.05) is 16.1 Å². The molecule has 0 fully saturated rings. The zero-order valence-corrected chi connectivity index (χ0v) is 14.0. The van der Waals surface area contributed by atoms with Crippen LogP contribution in [-0.4, -0.2) is 8.42 Å². The zero-order valence-electron chi connectivity index (χ0n) is 11.7. The number of rotatable bonds is 3. The molecule has 0 heterocycles. The van der Waals surface area contributed by atoms with Crippen molar-refractivity contribution < 1.29 is 8.42 Å². The summed E-state index contributed by atoms with van der Waals surface area (Å²) in [5, 5.41) is 0.605. The molecule has 0 aromatic heterocycles. The Kier molecular flexibility index (Phi) is 4.46. The minimum atomic E-state index is -3.67. The molecule has 1 aliphatic rings. The normalized spacial score (nSPS) is 18.0.